The first-order valence-corrected chi connectivity index (χ1v) is 9.77. The van der Waals surface area contributed by atoms with Gasteiger partial charge in [-0.25, -0.2) is 24.0 Å². The largest absolute Gasteiger partial charge is 0.476 e. The number of methoxy groups -OCH3 is 2. The Hall–Kier alpha value is -4.25. The fourth-order valence-corrected chi connectivity index (χ4v) is 3.76. The minimum atomic E-state index is -1.17. The number of carboxylic acid groups (broad SMARTS) is 1. The third-order valence-corrected chi connectivity index (χ3v) is 5.23. The van der Waals surface area contributed by atoms with Crippen molar-refractivity contribution in [3.63, 3.8) is 0 Å². The summed E-state index contributed by atoms with van der Waals surface area (Å²) >= 11 is 0. The zero-order valence-corrected chi connectivity index (χ0v) is 18.1. The van der Waals surface area contributed by atoms with Gasteiger partial charge in [0.05, 0.1) is 31.8 Å². The quantitative estimate of drug-likeness (QED) is 0.571. The molecule has 3 aromatic rings. The number of benzene rings is 1. The summed E-state index contributed by atoms with van der Waals surface area (Å²) in [6, 6.07) is 8.72. The number of aromatic nitrogens is 3. The molecule has 0 aliphatic carbocycles. The molecule has 170 valence electrons. The first-order valence-electron chi connectivity index (χ1n) is 9.77. The van der Waals surface area contributed by atoms with Crippen molar-refractivity contribution in [2.24, 2.45) is 7.05 Å². The average Bonchev–Trinajstić information content (AvgIpc) is 3.19. The Morgan fingerprint density at radius 3 is 2.58 bits per heavy atom. The van der Waals surface area contributed by atoms with Gasteiger partial charge < -0.3 is 24.2 Å². The Balaban J connectivity index is 1.88. The van der Waals surface area contributed by atoms with Crippen LogP contribution >= 0.6 is 0 Å². The summed E-state index contributed by atoms with van der Waals surface area (Å²) in [4.78, 5) is 42.3. The lowest BCUT2D eigenvalue weighted by molar-refractivity contribution is -0.140. The summed E-state index contributed by atoms with van der Waals surface area (Å²) in [6.07, 6.45) is 1.57. The van der Waals surface area contributed by atoms with Gasteiger partial charge in [0.1, 0.15) is 12.4 Å². The molecule has 0 spiro atoms. The van der Waals surface area contributed by atoms with Crippen LogP contribution in [-0.4, -0.2) is 65.3 Å². The third-order valence-electron chi connectivity index (χ3n) is 5.23. The first-order chi connectivity index (χ1) is 15.9. The monoisotopic (exact) mass is 452 g/mol. The molecule has 0 saturated carbocycles. The second kappa shape index (κ2) is 8.71. The Kier molecular flexibility index (Phi) is 5.80. The van der Waals surface area contributed by atoms with E-state index in [1.807, 2.05) is 0 Å². The predicted octanol–water partition coefficient (Wildman–Crippen LogP) is 1.73. The Morgan fingerprint density at radius 1 is 1.12 bits per heavy atom. The zero-order valence-electron chi connectivity index (χ0n) is 18.1. The fourth-order valence-electron chi connectivity index (χ4n) is 3.76. The van der Waals surface area contributed by atoms with Crippen molar-refractivity contribution in [1.82, 2.24) is 14.8 Å². The number of carbonyl (C=O) groups is 3. The maximum absolute atomic E-state index is 12.6. The van der Waals surface area contributed by atoms with Crippen molar-refractivity contribution >= 4 is 34.6 Å². The molecule has 1 aromatic carbocycles. The number of anilines is 1. The van der Waals surface area contributed by atoms with Crippen LogP contribution in [0.15, 0.2) is 47.8 Å². The molecule has 11 nitrogen and oxygen atoms in total. The van der Waals surface area contributed by atoms with Crippen LogP contribution in [0.25, 0.3) is 22.2 Å². The van der Waals surface area contributed by atoms with Crippen molar-refractivity contribution < 1.29 is 33.7 Å². The van der Waals surface area contributed by atoms with Gasteiger partial charge in [-0.2, -0.15) is 5.10 Å². The summed E-state index contributed by atoms with van der Waals surface area (Å²) in [6.45, 7) is -0.108. The number of esters is 2. The molecule has 4 rings (SSSR count). The lowest BCUT2D eigenvalue weighted by Gasteiger charge is -2.31. The molecule has 2 aromatic heterocycles. The third kappa shape index (κ3) is 3.78. The summed E-state index contributed by atoms with van der Waals surface area (Å²) in [5, 5.41) is 14.1. The van der Waals surface area contributed by atoms with Crippen LogP contribution < -0.4 is 4.90 Å². The SMILES string of the molecule is COC(=O)C1=C(C(=O)OC)N(c2cccc(-c3ccnc4c3c(C(=O)O)nn4C)c2)COC1. The molecular weight excluding hydrogens is 432 g/mol. The molecule has 1 N–H and O–H groups in total. The number of rotatable bonds is 5. The fraction of sp³-hybridized carbons (Fsp3) is 0.227. The van der Waals surface area contributed by atoms with Crippen molar-refractivity contribution in [3.8, 4) is 11.1 Å². The molecular formula is C22H20N4O7. The number of aryl methyl sites for hydroxylation is 1. The molecule has 0 amide bonds. The van der Waals surface area contributed by atoms with Gasteiger partial charge in [-0.15, -0.1) is 0 Å². The maximum atomic E-state index is 12.6. The first kappa shape index (κ1) is 22.0. The number of ether oxygens (including phenoxy) is 3. The van der Waals surface area contributed by atoms with Crippen LogP contribution in [0.1, 0.15) is 10.5 Å². The summed E-state index contributed by atoms with van der Waals surface area (Å²) in [5.41, 5.74) is 2.13. The van der Waals surface area contributed by atoms with E-state index in [0.717, 1.165) is 0 Å². The molecule has 33 heavy (non-hydrogen) atoms. The van der Waals surface area contributed by atoms with Gasteiger partial charge in [-0.1, -0.05) is 12.1 Å². The number of nitrogens with zero attached hydrogens (tertiary/aromatic N) is 4. The maximum Gasteiger partial charge on any atom is 0.357 e. The van der Waals surface area contributed by atoms with Crippen molar-refractivity contribution in [2.75, 3.05) is 32.5 Å². The van der Waals surface area contributed by atoms with Gasteiger partial charge in [-0.3, -0.25) is 0 Å². The molecule has 11 heteroatoms. The number of hydrogen-bond acceptors (Lipinski definition) is 9. The Labute approximate surface area is 187 Å². The van der Waals surface area contributed by atoms with E-state index in [1.54, 1.807) is 43.6 Å². The van der Waals surface area contributed by atoms with Crippen LogP contribution in [0.4, 0.5) is 5.69 Å². The summed E-state index contributed by atoms with van der Waals surface area (Å²) in [7, 11) is 4.05. The van der Waals surface area contributed by atoms with Crippen LogP contribution in [0, 0.1) is 0 Å². The lowest BCUT2D eigenvalue weighted by Crippen LogP contribution is -2.38. The molecule has 0 atom stereocenters. The highest BCUT2D eigenvalue weighted by Crippen LogP contribution is 2.34. The van der Waals surface area contributed by atoms with Crippen molar-refractivity contribution in [3.05, 3.63) is 53.5 Å². The number of carbonyl (C=O) groups excluding carboxylic acids is 2. The number of fused-ring (bicyclic) bond motifs is 1. The van der Waals surface area contributed by atoms with Crippen LogP contribution in [0.5, 0.6) is 0 Å². The highest BCUT2D eigenvalue weighted by Gasteiger charge is 2.32. The average molecular weight is 452 g/mol. The molecule has 0 fully saturated rings. The summed E-state index contributed by atoms with van der Waals surface area (Å²) in [5.74, 6) is -2.58. The molecule has 0 saturated heterocycles. The lowest BCUT2D eigenvalue weighted by atomic mass is 10.0. The normalized spacial score (nSPS) is 13.8. The van der Waals surface area contributed by atoms with Crippen LogP contribution in [0.2, 0.25) is 0 Å². The van der Waals surface area contributed by atoms with Gasteiger partial charge in [0, 0.05) is 18.9 Å². The zero-order chi connectivity index (χ0) is 23.7. The van der Waals surface area contributed by atoms with Crippen molar-refractivity contribution in [1.29, 1.82) is 0 Å². The van der Waals surface area contributed by atoms with Gasteiger partial charge in [-0.05, 0) is 29.3 Å². The molecule has 3 heterocycles. The van der Waals surface area contributed by atoms with E-state index in [2.05, 4.69) is 10.1 Å². The van der Waals surface area contributed by atoms with E-state index in [9.17, 15) is 19.5 Å². The molecule has 1 aliphatic heterocycles. The number of pyridine rings is 1. The number of hydrogen-bond donors (Lipinski definition) is 1. The Morgan fingerprint density at radius 2 is 1.88 bits per heavy atom. The second-order valence-electron chi connectivity index (χ2n) is 7.10. The standard InChI is InChI=1S/C22H20N4O7/c1-25-19-16(17(24-25)20(27)28)14(7-8-23-19)12-5-4-6-13(9-12)26-11-33-10-15(21(29)31-2)18(26)22(30)32-3/h4-9H,10-11H2,1-3H3,(H,27,28). The Bertz CT molecular complexity index is 1310. The predicted molar refractivity (Wildman–Crippen MR) is 115 cm³/mol. The van der Waals surface area contributed by atoms with E-state index in [1.165, 1.54) is 23.8 Å². The van der Waals surface area contributed by atoms with Gasteiger partial charge >= 0.3 is 17.9 Å². The van der Waals surface area contributed by atoms with Gasteiger partial charge in [0.15, 0.2) is 11.3 Å². The number of aromatic carboxylic acids is 1. The number of carboxylic acids is 1. The van der Waals surface area contributed by atoms with Crippen LogP contribution in [-0.2, 0) is 30.8 Å². The molecule has 0 bridgehead atoms. The summed E-state index contributed by atoms with van der Waals surface area (Å²) < 4.78 is 16.6. The smallest absolute Gasteiger partial charge is 0.357 e. The minimum Gasteiger partial charge on any atom is -0.476 e. The van der Waals surface area contributed by atoms with E-state index in [-0.39, 0.29) is 30.3 Å². The molecule has 0 unspecified atom stereocenters. The van der Waals surface area contributed by atoms with Crippen LogP contribution in [0.3, 0.4) is 0 Å². The van der Waals surface area contributed by atoms with Crippen molar-refractivity contribution in [2.45, 2.75) is 0 Å². The van der Waals surface area contributed by atoms with E-state index in [0.29, 0.717) is 27.8 Å². The minimum absolute atomic E-state index is 0.00654. The van der Waals surface area contributed by atoms with E-state index >= 15 is 0 Å². The van der Waals surface area contributed by atoms with Gasteiger partial charge in [0.2, 0.25) is 0 Å². The highest BCUT2D eigenvalue weighted by molar-refractivity contribution is 6.07. The topological polar surface area (TPSA) is 133 Å². The second-order valence-corrected chi connectivity index (χ2v) is 7.10. The highest BCUT2D eigenvalue weighted by atomic mass is 16.5. The van der Waals surface area contributed by atoms with E-state index in [4.69, 9.17) is 14.2 Å². The molecule has 0 radical (unpaired) electrons. The van der Waals surface area contributed by atoms with E-state index < -0.39 is 17.9 Å². The van der Waals surface area contributed by atoms with Gasteiger partial charge in [0.25, 0.3) is 0 Å². The molecule has 1 aliphatic rings.